The lowest BCUT2D eigenvalue weighted by Gasteiger charge is -2.16. The Morgan fingerprint density at radius 1 is 0.867 bits per heavy atom. The van der Waals surface area contributed by atoms with Gasteiger partial charge in [-0.25, -0.2) is 8.42 Å². The van der Waals surface area contributed by atoms with E-state index in [9.17, 15) is 13.2 Å². The van der Waals surface area contributed by atoms with Crippen LogP contribution in [0, 0.1) is 0 Å². The van der Waals surface area contributed by atoms with Crippen LogP contribution >= 0.6 is 0 Å². The average molecular weight is 428 g/mol. The third kappa shape index (κ3) is 4.91. The lowest BCUT2D eigenvalue weighted by atomic mass is 10.1. The van der Waals surface area contributed by atoms with Gasteiger partial charge >= 0.3 is 0 Å². The van der Waals surface area contributed by atoms with Gasteiger partial charge in [-0.05, 0) is 68.1 Å². The molecule has 1 N–H and O–H groups in total. The van der Waals surface area contributed by atoms with Crippen molar-refractivity contribution >= 4 is 15.9 Å². The maximum absolute atomic E-state index is 12.8. The Hall–Kier alpha value is -2.22. The van der Waals surface area contributed by atoms with Gasteiger partial charge in [0.05, 0.1) is 4.90 Å². The number of hydrogen-bond acceptors (Lipinski definition) is 4. The lowest BCUT2D eigenvalue weighted by Crippen LogP contribution is -2.28. The molecule has 160 valence electrons. The molecule has 0 aliphatic carbocycles. The van der Waals surface area contributed by atoms with Gasteiger partial charge in [-0.2, -0.15) is 4.31 Å². The summed E-state index contributed by atoms with van der Waals surface area (Å²) in [4.78, 5) is 15.3. The number of carbonyl (C=O) groups excluding carboxylic acids is 1. The number of carbonyl (C=O) groups is 1. The second-order valence-corrected chi connectivity index (χ2v) is 10.1. The lowest BCUT2D eigenvalue weighted by molar-refractivity contribution is 0.0950. The van der Waals surface area contributed by atoms with Crippen LogP contribution in [0.5, 0.6) is 0 Å². The fourth-order valence-corrected chi connectivity index (χ4v) is 5.76. The highest BCUT2D eigenvalue weighted by molar-refractivity contribution is 7.89. The zero-order chi connectivity index (χ0) is 21.0. The van der Waals surface area contributed by atoms with Gasteiger partial charge in [0, 0.05) is 31.7 Å². The summed E-state index contributed by atoms with van der Waals surface area (Å²) in [7, 11) is -3.53. The smallest absolute Gasteiger partial charge is 0.251 e. The second kappa shape index (κ2) is 9.29. The molecule has 2 aliphatic rings. The summed E-state index contributed by atoms with van der Waals surface area (Å²) in [6.45, 7) is 4.75. The summed E-state index contributed by atoms with van der Waals surface area (Å²) >= 11 is 0. The molecule has 0 radical (unpaired) electrons. The van der Waals surface area contributed by atoms with Crippen LogP contribution in [0.3, 0.4) is 0 Å². The number of likely N-dealkylation sites (tertiary alicyclic amines) is 1. The number of sulfonamides is 1. The van der Waals surface area contributed by atoms with Crippen molar-refractivity contribution in [2.45, 2.75) is 43.7 Å². The van der Waals surface area contributed by atoms with Gasteiger partial charge in [0.15, 0.2) is 0 Å². The predicted molar refractivity (Wildman–Crippen MR) is 117 cm³/mol. The van der Waals surface area contributed by atoms with Crippen molar-refractivity contribution in [2.75, 3.05) is 26.2 Å². The summed E-state index contributed by atoms with van der Waals surface area (Å²) in [6.07, 6.45) is 4.30. The van der Waals surface area contributed by atoms with E-state index < -0.39 is 10.0 Å². The maximum Gasteiger partial charge on any atom is 0.251 e. The molecule has 2 fully saturated rings. The Balaban J connectivity index is 1.40. The first kappa shape index (κ1) is 21.0. The van der Waals surface area contributed by atoms with E-state index in [1.54, 1.807) is 18.2 Å². The molecule has 6 nitrogen and oxygen atoms in total. The van der Waals surface area contributed by atoms with Crippen molar-refractivity contribution in [3.63, 3.8) is 0 Å². The fraction of sp³-hybridized carbons (Fsp3) is 0.435. The Bertz CT molecular complexity index is 994. The molecule has 0 bridgehead atoms. The molecule has 4 rings (SSSR count). The molecule has 2 aromatic carbocycles. The van der Waals surface area contributed by atoms with Crippen molar-refractivity contribution in [1.29, 1.82) is 0 Å². The Morgan fingerprint density at radius 3 is 2.30 bits per heavy atom. The molecule has 2 aromatic rings. The van der Waals surface area contributed by atoms with Crippen molar-refractivity contribution in [1.82, 2.24) is 14.5 Å². The molecule has 2 saturated heterocycles. The topological polar surface area (TPSA) is 69.7 Å². The molecule has 7 heteroatoms. The molecule has 0 unspecified atom stereocenters. The van der Waals surface area contributed by atoms with E-state index in [1.165, 1.54) is 28.8 Å². The standard InChI is InChI=1S/C23H29N3O3S/c27-23(21-9-6-10-22(16-21)30(28,29)26-13-3-4-14-26)24-17-19-7-5-8-20(15-19)18-25-11-1-2-12-25/h5-10,15-16H,1-4,11-14,17-18H2,(H,24,27). The van der Waals surface area contributed by atoms with Crippen molar-refractivity contribution in [2.24, 2.45) is 0 Å². The number of hydrogen-bond donors (Lipinski definition) is 1. The maximum atomic E-state index is 12.8. The van der Waals surface area contributed by atoms with Crippen LogP contribution in [-0.4, -0.2) is 49.7 Å². The zero-order valence-corrected chi connectivity index (χ0v) is 18.0. The van der Waals surface area contributed by atoms with Gasteiger partial charge in [0.25, 0.3) is 5.91 Å². The van der Waals surface area contributed by atoms with Crippen molar-refractivity contribution in [3.8, 4) is 0 Å². The van der Waals surface area contributed by atoms with Gasteiger partial charge in [0.1, 0.15) is 0 Å². The van der Waals surface area contributed by atoms with Crippen LogP contribution in [0.2, 0.25) is 0 Å². The minimum absolute atomic E-state index is 0.185. The van der Waals surface area contributed by atoms with Crippen molar-refractivity contribution in [3.05, 3.63) is 65.2 Å². The molecule has 1 amide bonds. The fourth-order valence-electron chi connectivity index (χ4n) is 4.20. The minimum atomic E-state index is -3.53. The van der Waals surface area contributed by atoms with Crippen LogP contribution in [0.15, 0.2) is 53.4 Å². The minimum Gasteiger partial charge on any atom is -0.348 e. The molecule has 0 atom stereocenters. The van der Waals surface area contributed by atoms with E-state index in [0.717, 1.165) is 38.0 Å². The van der Waals surface area contributed by atoms with Crippen LogP contribution in [0.1, 0.15) is 47.2 Å². The Morgan fingerprint density at radius 2 is 1.53 bits per heavy atom. The Labute approximate surface area is 178 Å². The van der Waals surface area contributed by atoms with Crippen molar-refractivity contribution < 1.29 is 13.2 Å². The van der Waals surface area contributed by atoms with Crippen LogP contribution < -0.4 is 5.32 Å². The van der Waals surface area contributed by atoms with Gasteiger partial charge < -0.3 is 5.32 Å². The first-order valence-corrected chi connectivity index (χ1v) is 12.1. The van der Waals surface area contributed by atoms with E-state index in [1.807, 2.05) is 12.1 Å². The third-order valence-corrected chi connectivity index (χ3v) is 7.74. The van der Waals surface area contributed by atoms with E-state index in [-0.39, 0.29) is 10.8 Å². The van der Waals surface area contributed by atoms with Gasteiger partial charge in [-0.3, -0.25) is 9.69 Å². The van der Waals surface area contributed by atoms with Gasteiger partial charge in [-0.1, -0.05) is 30.3 Å². The molecule has 2 aliphatic heterocycles. The average Bonchev–Trinajstić information content (AvgIpc) is 3.47. The normalized spacial score (nSPS) is 18.0. The summed E-state index contributed by atoms with van der Waals surface area (Å²) < 4.78 is 27.0. The molecule has 0 spiro atoms. The summed E-state index contributed by atoms with van der Waals surface area (Å²) in [5.41, 5.74) is 2.66. The highest BCUT2D eigenvalue weighted by atomic mass is 32.2. The first-order valence-electron chi connectivity index (χ1n) is 10.7. The zero-order valence-electron chi connectivity index (χ0n) is 17.2. The van der Waals surface area contributed by atoms with Gasteiger partial charge in [0.2, 0.25) is 10.0 Å². The number of nitrogens with one attached hydrogen (secondary N) is 1. The number of amides is 1. The SMILES string of the molecule is O=C(NCc1cccc(CN2CCCC2)c1)c1cccc(S(=O)(=O)N2CCCC2)c1. The third-order valence-electron chi connectivity index (χ3n) is 5.85. The van der Waals surface area contributed by atoms with Crippen LogP contribution in [-0.2, 0) is 23.1 Å². The highest BCUT2D eigenvalue weighted by Gasteiger charge is 2.27. The van der Waals surface area contributed by atoms with E-state index in [0.29, 0.717) is 25.2 Å². The molecule has 0 aromatic heterocycles. The number of benzene rings is 2. The Kier molecular flexibility index (Phi) is 6.51. The molecule has 2 heterocycles. The van der Waals surface area contributed by atoms with Crippen LogP contribution in [0.25, 0.3) is 0 Å². The van der Waals surface area contributed by atoms with E-state index in [4.69, 9.17) is 0 Å². The molecular formula is C23H29N3O3S. The highest BCUT2D eigenvalue weighted by Crippen LogP contribution is 2.21. The number of rotatable bonds is 7. The summed E-state index contributed by atoms with van der Waals surface area (Å²) in [5, 5.41) is 2.92. The van der Waals surface area contributed by atoms with E-state index >= 15 is 0 Å². The van der Waals surface area contributed by atoms with E-state index in [2.05, 4.69) is 22.3 Å². The molecule has 0 saturated carbocycles. The first-order chi connectivity index (χ1) is 14.5. The monoisotopic (exact) mass is 427 g/mol. The predicted octanol–water partition coefficient (Wildman–Crippen LogP) is 3.00. The quantitative estimate of drug-likeness (QED) is 0.738. The largest absolute Gasteiger partial charge is 0.348 e. The molecular weight excluding hydrogens is 398 g/mol. The molecule has 30 heavy (non-hydrogen) atoms. The summed E-state index contributed by atoms with van der Waals surface area (Å²) in [5.74, 6) is -0.265. The van der Waals surface area contributed by atoms with Crippen LogP contribution in [0.4, 0.5) is 0 Å². The van der Waals surface area contributed by atoms with Gasteiger partial charge in [-0.15, -0.1) is 0 Å². The second-order valence-electron chi connectivity index (χ2n) is 8.12. The summed E-state index contributed by atoms with van der Waals surface area (Å²) in [6, 6.07) is 14.6. The number of nitrogens with zero attached hydrogens (tertiary/aromatic N) is 2.